The van der Waals surface area contributed by atoms with Gasteiger partial charge in [-0.05, 0) is 11.7 Å². The molecule has 0 bridgehead atoms. The summed E-state index contributed by atoms with van der Waals surface area (Å²) in [5, 5.41) is 4.00. The van der Waals surface area contributed by atoms with E-state index in [0.29, 0.717) is 5.25 Å². The van der Waals surface area contributed by atoms with Crippen LogP contribution in [0.1, 0.15) is 56.8 Å². The lowest BCUT2D eigenvalue weighted by Crippen LogP contribution is -2.10. The summed E-state index contributed by atoms with van der Waals surface area (Å²) in [7, 11) is 0. The second kappa shape index (κ2) is 7.30. The second-order valence-electron chi connectivity index (χ2n) is 4.27. The van der Waals surface area contributed by atoms with Crippen LogP contribution in [0, 0.1) is 0 Å². The van der Waals surface area contributed by atoms with Crippen LogP contribution in [0.25, 0.3) is 0 Å². The zero-order chi connectivity index (χ0) is 12.0. The van der Waals surface area contributed by atoms with Crippen LogP contribution >= 0.6 is 23.1 Å². The molecule has 0 aliphatic carbocycles. The van der Waals surface area contributed by atoms with Gasteiger partial charge in [0.15, 0.2) is 0 Å². The molecule has 0 aromatic carbocycles. The van der Waals surface area contributed by atoms with E-state index in [1.807, 2.05) is 11.8 Å². The quantitative estimate of drug-likeness (QED) is 0.804. The van der Waals surface area contributed by atoms with E-state index in [9.17, 15) is 0 Å². The maximum atomic E-state index is 6.09. The molecule has 1 atom stereocenters. The molecule has 92 valence electrons. The van der Waals surface area contributed by atoms with Crippen LogP contribution in [0.15, 0.2) is 5.38 Å². The molecular weight excluding hydrogens is 236 g/mol. The number of thioether (sulfide) groups is 1. The van der Waals surface area contributed by atoms with Crippen LogP contribution in [-0.2, 0) is 5.75 Å². The normalized spacial score (nSPS) is 13.3. The highest BCUT2D eigenvalue weighted by Gasteiger charge is 2.10. The first kappa shape index (κ1) is 14.0. The molecule has 4 heteroatoms. The van der Waals surface area contributed by atoms with Crippen molar-refractivity contribution in [2.45, 2.75) is 57.1 Å². The van der Waals surface area contributed by atoms with Crippen molar-refractivity contribution in [3.63, 3.8) is 0 Å². The smallest absolute Gasteiger partial charge is 0.103 e. The second-order valence-corrected chi connectivity index (χ2v) is 6.78. The molecule has 0 aliphatic rings. The van der Waals surface area contributed by atoms with Crippen LogP contribution in [0.2, 0.25) is 0 Å². The minimum atomic E-state index is 0.133. The molecule has 2 nitrogen and oxygen atoms in total. The fraction of sp³-hybridized carbons (Fsp3) is 0.750. The highest BCUT2D eigenvalue weighted by atomic mass is 32.2. The zero-order valence-electron chi connectivity index (χ0n) is 10.4. The summed E-state index contributed by atoms with van der Waals surface area (Å²) in [4.78, 5) is 4.61. The largest absolute Gasteiger partial charge is 0.323 e. The fourth-order valence-corrected chi connectivity index (χ4v) is 3.03. The molecule has 1 aromatic rings. The zero-order valence-corrected chi connectivity index (χ0v) is 12.0. The summed E-state index contributed by atoms with van der Waals surface area (Å²) >= 11 is 3.68. The summed E-state index contributed by atoms with van der Waals surface area (Å²) in [6, 6.07) is 0.133. The molecule has 1 aromatic heterocycles. The molecule has 0 spiro atoms. The third-order valence-electron chi connectivity index (χ3n) is 2.36. The van der Waals surface area contributed by atoms with Gasteiger partial charge in [-0.2, -0.15) is 11.8 Å². The highest BCUT2D eigenvalue weighted by Crippen LogP contribution is 2.23. The van der Waals surface area contributed by atoms with Gasteiger partial charge in [-0.1, -0.05) is 33.6 Å². The third kappa shape index (κ3) is 4.85. The number of nitrogens with zero attached hydrogens (tertiary/aromatic N) is 1. The first-order chi connectivity index (χ1) is 7.63. The van der Waals surface area contributed by atoms with E-state index >= 15 is 0 Å². The lowest BCUT2D eigenvalue weighted by atomic mass is 10.1. The van der Waals surface area contributed by atoms with E-state index in [1.165, 1.54) is 17.8 Å². The number of rotatable bonds is 7. The summed E-state index contributed by atoms with van der Waals surface area (Å²) in [6.45, 7) is 6.62. The Morgan fingerprint density at radius 1 is 1.50 bits per heavy atom. The fourth-order valence-electron chi connectivity index (χ4n) is 1.37. The predicted octanol–water partition coefficient (Wildman–Crippen LogP) is 3.97. The van der Waals surface area contributed by atoms with E-state index in [0.717, 1.165) is 17.9 Å². The van der Waals surface area contributed by atoms with Gasteiger partial charge < -0.3 is 5.73 Å². The van der Waals surface area contributed by atoms with Crippen molar-refractivity contribution in [2.75, 3.05) is 0 Å². The molecule has 0 aliphatic heterocycles. The molecule has 0 fully saturated rings. The van der Waals surface area contributed by atoms with E-state index in [1.54, 1.807) is 11.3 Å². The van der Waals surface area contributed by atoms with Gasteiger partial charge in [0.1, 0.15) is 5.01 Å². The maximum Gasteiger partial charge on any atom is 0.103 e. The van der Waals surface area contributed by atoms with Gasteiger partial charge in [-0.25, -0.2) is 4.98 Å². The summed E-state index contributed by atoms with van der Waals surface area (Å²) in [5.74, 6) is 1.02. The van der Waals surface area contributed by atoms with Crippen LogP contribution in [0.5, 0.6) is 0 Å². The number of hydrogen-bond donors (Lipinski definition) is 1. The first-order valence-electron chi connectivity index (χ1n) is 5.95. The maximum absolute atomic E-state index is 6.09. The molecule has 0 saturated heterocycles. The van der Waals surface area contributed by atoms with Gasteiger partial charge in [0.25, 0.3) is 0 Å². The highest BCUT2D eigenvalue weighted by molar-refractivity contribution is 7.99. The summed E-state index contributed by atoms with van der Waals surface area (Å²) in [6.07, 6.45) is 3.44. The van der Waals surface area contributed by atoms with Crippen LogP contribution in [0.4, 0.5) is 0 Å². The van der Waals surface area contributed by atoms with Gasteiger partial charge in [0.05, 0.1) is 5.69 Å². The van der Waals surface area contributed by atoms with Gasteiger partial charge in [0.2, 0.25) is 0 Å². The molecule has 16 heavy (non-hydrogen) atoms. The SMILES string of the molecule is CCCCC(N)c1csc(CSC(C)C)n1. The van der Waals surface area contributed by atoms with Gasteiger partial charge >= 0.3 is 0 Å². The van der Waals surface area contributed by atoms with Gasteiger partial charge in [-0.3, -0.25) is 0 Å². The Balaban J connectivity index is 2.43. The topological polar surface area (TPSA) is 38.9 Å². The van der Waals surface area contributed by atoms with E-state index in [4.69, 9.17) is 5.73 Å². The van der Waals surface area contributed by atoms with Crippen molar-refractivity contribution in [3.05, 3.63) is 16.1 Å². The average Bonchev–Trinajstić information content (AvgIpc) is 2.71. The number of hydrogen-bond acceptors (Lipinski definition) is 4. The number of nitrogens with two attached hydrogens (primary N) is 1. The molecular formula is C12H22N2S2. The Morgan fingerprint density at radius 3 is 2.88 bits per heavy atom. The number of aromatic nitrogens is 1. The molecule has 1 unspecified atom stereocenters. The number of unbranched alkanes of at least 4 members (excludes halogenated alkanes) is 1. The minimum absolute atomic E-state index is 0.133. The van der Waals surface area contributed by atoms with Gasteiger partial charge in [0, 0.05) is 17.2 Å². The molecule has 0 amide bonds. The Bertz CT molecular complexity index is 297. The Kier molecular flexibility index (Phi) is 6.39. The van der Waals surface area contributed by atoms with E-state index in [-0.39, 0.29) is 6.04 Å². The standard InChI is InChI=1S/C12H22N2S2/c1-4-5-6-10(13)11-7-16-12(14-11)8-15-9(2)3/h7,9-10H,4-6,8,13H2,1-3H3. The first-order valence-corrected chi connectivity index (χ1v) is 7.87. The van der Waals surface area contributed by atoms with Crippen molar-refractivity contribution in [1.82, 2.24) is 4.98 Å². The van der Waals surface area contributed by atoms with Crippen LogP contribution in [0.3, 0.4) is 0 Å². The van der Waals surface area contributed by atoms with Crippen LogP contribution in [-0.4, -0.2) is 10.2 Å². The summed E-state index contributed by atoms with van der Waals surface area (Å²) in [5.41, 5.74) is 7.17. The molecule has 0 radical (unpaired) electrons. The molecule has 1 heterocycles. The molecule has 2 N–H and O–H groups in total. The van der Waals surface area contributed by atoms with E-state index < -0.39 is 0 Å². The Morgan fingerprint density at radius 2 is 2.25 bits per heavy atom. The third-order valence-corrected chi connectivity index (χ3v) is 4.51. The average molecular weight is 258 g/mol. The van der Waals surface area contributed by atoms with Gasteiger partial charge in [-0.15, -0.1) is 11.3 Å². The van der Waals surface area contributed by atoms with E-state index in [2.05, 4.69) is 31.1 Å². The predicted molar refractivity (Wildman–Crippen MR) is 75.0 cm³/mol. The Labute approximate surface area is 107 Å². The van der Waals surface area contributed by atoms with Crippen molar-refractivity contribution < 1.29 is 0 Å². The number of thiazole rings is 1. The van der Waals surface area contributed by atoms with Crippen molar-refractivity contribution in [2.24, 2.45) is 5.73 Å². The molecule has 0 saturated carbocycles. The van der Waals surface area contributed by atoms with Crippen molar-refractivity contribution >= 4 is 23.1 Å². The summed E-state index contributed by atoms with van der Waals surface area (Å²) < 4.78 is 0. The van der Waals surface area contributed by atoms with Crippen molar-refractivity contribution in [3.8, 4) is 0 Å². The Hall–Kier alpha value is -0.0600. The molecule has 1 rings (SSSR count). The lowest BCUT2D eigenvalue weighted by Gasteiger charge is -2.07. The minimum Gasteiger partial charge on any atom is -0.323 e. The lowest BCUT2D eigenvalue weighted by molar-refractivity contribution is 0.592. The monoisotopic (exact) mass is 258 g/mol. The van der Waals surface area contributed by atoms with Crippen molar-refractivity contribution in [1.29, 1.82) is 0 Å². The van der Waals surface area contributed by atoms with Crippen LogP contribution < -0.4 is 5.73 Å².